The van der Waals surface area contributed by atoms with E-state index >= 15 is 0 Å². The fraction of sp³-hybridized carbons (Fsp3) is 0.600. The Morgan fingerprint density at radius 2 is 0.741 bits per heavy atom. The summed E-state index contributed by atoms with van der Waals surface area (Å²) in [5, 5.41) is 18.2. The molecule has 116 heavy (non-hydrogen) atoms. The molecule has 652 valence electrons. The molecule has 3 unspecified atom stereocenters. The maximum atomic E-state index is 12.8. The normalized spacial score (nSPS) is 23.0. The first-order chi connectivity index (χ1) is 53.7. The summed E-state index contributed by atoms with van der Waals surface area (Å²) < 4.78 is 207. The van der Waals surface area contributed by atoms with Gasteiger partial charge >= 0.3 is 36.9 Å². The number of halogens is 14. The van der Waals surface area contributed by atoms with E-state index in [2.05, 4.69) is 82.6 Å². The molecule has 5 N–H and O–H groups in total. The molecule has 8 saturated heterocycles. The van der Waals surface area contributed by atoms with E-state index in [1.54, 1.807) is 9.80 Å². The van der Waals surface area contributed by atoms with Crippen molar-refractivity contribution in [2.45, 2.75) is 213 Å². The van der Waals surface area contributed by atoms with Crippen LogP contribution >= 0.6 is 54.2 Å². The minimum absolute atomic E-state index is 0.0516. The Bertz CT molecular complexity index is 4400. The van der Waals surface area contributed by atoms with E-state index in [-0.39, 0.29) is 50.4 Å². The number of carbonyl (C=O) groups excluding carboxylic acids is 2. The van der Waals surface area contributed by atoms with Crippen LogP contribution in [0.5, 0.6) is 0 Å². The van der Waals surface area contributed by atoms with Gasteiger partial charge in [-0.3, -0.25) is 21.3 Å². The number of hydrogen-bond donors (Lipinski definition) is 5. The number of rotatable bonds is 10. The molecule has 36 heteroatoms. The van der Waals surface area contributed by atoms with Crippen LogP contribution in [0.25, 0.3) is 0 Å². The molecule has 2 amide bonds. The van der Waals surface area contributed by atoms with Gasteiger partial charge in [-0.25, -0.2) is 18.0 Å². The van der Waals surface area contributed by atoms with Crippen LogP contribution in [-0.4, -0.2) is 218 Å². The van der Waals surface area contributed by atoms with Gasteiger partial charge in [0.1, 0.15) is 34.1 Å². The first-order valence-electron chi connectivity index (χ1n) is 38.3. The Kier molecular flexibility index (Phi) is 30.7. The van der Waals surface area contributed by atoms with Crippen LogP contribution in [0, 0.1) is 11.8 Å². The number of benzene rings is 4. The van der Waals surface area contributed by atoms with Crippen molar-refractivity contribution in [3.05, 3.63) is 119 Å². The summed E-state index contributed by atoms with van der Waals surface area (Å²) in [6.07, 6.45) is -5.97. The van der Waals surface area contributed by atoms with Crippen LogP contribution < -0.4 is 26.6 Å². The van der Waals surface area contributed by atoms with Crippen molar-refractivity contribution in [3.8, 4) is 0 Å². The van der Waals surface area contributed by atoms with Crippen molar-refractivity contribution >= 4 is 111 Å². The minimum Gasteiger partial charge on any atom is -0.444 e. The van der Waals surface area contributed by atoms with Crippen LogP contribution in [0.2, 0.25) is 0 Å². The zero-order chi connectivity index (χ0) is 85.6. The number of nitrogens with zero attached hydrogens (tertiary/aromatic N) is 3. The van der Waals surface area contributed by atoms with Gasteiger partial charge in [-0.05, 0) is 204 Å². The topological polar surface area (TPSA) is 194 Å². The lowest BCUT2D eigenvalue weighted by molar-refractivity contribution is -0.138. The van der Waals surface area contributed by atoms with Crippen LogP contribution in [0.15, 0.2) is 117 Å². The summed E-state index contributed by atoms with van der Waals surface area (Å²) in [6.45, 7) is 21.6. The summed E-state index contributed by atoms with van der Waals surface area (Å²) in [5.74, 6) is 27.5. The van der Waals surface area contributed by atoms with Crippen LogP contribution in [0.3, 0.4) is 0 Å². The Hall–Kier alpha value is -4.83. The molecule has 2 aliphatic carbocycles. The third kappa shape index (κ3) is 26.6. The van der Waals surface area contributed by atoms with E-state index in [1.165, 1.54) is 74.0 Å². The molecule has 0 bridgehead atoms. The maximum Gasteiger partial charge on any atom is 0.416 e. The van der Waals surface area contributed by atoms with Gasteiger partial charge in [0.05, 0.1) is 69.7 Å². The summed E-state index contributed by atoms with van der Waals surface area (Å²) in [6, 6.07) is 18.5. The molecule has 4 aromatic rings. The lowest BCUT2D eigenvalue weighted by Gasteiger charge is -2.39. The predicted octanol–water partition coefficient (Wildman–Crippen LogP) is 16.8. The molecule has 10 fully saturated rings. The summed E-state index contributed by atoms with van der Waals surface area (Å²) in [7, 11) is -4.60. The molecular weight excluding hydrogens is 1700 g/mol. The molecule has 14 rings (SSSR count). The molecule has 18 nitrogen and oxygen atoms in total. The van der Waals surface area contributed by atoms with Gasteiger partial charge in [0.2, 0.25) is 0 Å². The lowest BCUT2D eigenvalue weighted by Crippen LogP contribution is -2.54. The molecule has 8 heterocycles. The fourth-order valence-corrected chi connectivity index (χ4v) is 20.7. The highest BCUT2D eigenvalue weighted by Gasteiger charge is 2.48. The van der Waals surface area contributed by atoms with E-state index in [0.29, 0.717) is 75.9 Å². The molecule has 0 aromatic heterocycles. The highest BCUT2D eigenvalue weighted by atomic mass is 79.9. The molecule has 4 spiro atoms. The smallest absolute Gasteiger partial charge is 0.416 e. The number of carbonyl (C=O) groups is 2. The Labute approximate surface area is 688 Å². The second kappa shape index (κ2) is 37.5. The fourth-order valence-electron chi connectivity index (χ4n) is 14.0. The van der Waals surface area contributed by atoms with Crippen molar-refractivity contribution in [1.82, 2.24) is 41.3 Å². The van der Waals surface area contributed by atoms with Gasteiger partial charge in [-0.1, -0.05) is 51.2 Å². The quantitative estimate of drug-likeness (QED) is 0.0435. The second-order valence-corrected chi connectivity index (χ2v) is 45.0. The molecule has 3 atom stereocenters. The number of alkyl halides is 13. The molecular formula is C80H110BrClF12N8O10S4. The van der Waals surface area contributed by atoms with Crippen LogP contribution in [0.1, 0.15) is 141 Å². The highest BCUT2D eigenvalue weighted by Crippen LogP contribution is 2.48. The third-order valence-corrected chi connectivity index (χ3v) is 31.4. The Morgan fingerprint density at radius 3 is 1.00 bits per heavy atom. The Morgan fingerprint density at radius 1 is 0.448 bits per heavy atom. The van der Waals surface area contributed by atoms with Crippen molar-refractivity contribution < 1.29 is 99.1 Å². The van der Waals surface area contributed by atoms with Gasteiger partial charge in [-0.2, -0.15) is 80.3 Å². The summed E-state index contributed by atoms with van der Waals surface area (Å²) >= 11 is 3.38. The molecule has 0 radical (unpaired) electrons. The van der Waals surface area contributed by atoms with Crippen LogP contribution in [0.4, 0.5) is 62.3 Å². The molecule has 10 aliphatic rings. The van der Waals surface area contributed by atoms with Crippen LogP contribution in [-0.2, 0) is 62.2 Å². The van der Waals surface area contributed by atoms with Gasteiger partial charge in [0, 0.05) is 120 Å². The minimum atomic E-state index is -4.48. The van der Waals surface area contributed by atoms with Crippen molar-refractivity contribution in [2.75, 3.05) is 97.2 Å². The van der Waals surface area contributed by atoms with E-state index in [4.69, 9.17) is 39.1 Å². The third-order valence-electron chi connectivity index (χ3n) is 21.4. The van der Waals surface area contributed by atoms with Crippen molar-refractivity contribution in [1.29, 1.82) is 0 Å². The average Bonchev–Trinajstić information content (AvgIpc) is 1.56. The maximum absolute atomic E-state index is 12.8. The number of hydrogen-bond acceptors (Lipinski definition) is 16. The zero-order valence-corrected chi connectivity index (χ0v) is 71.9. The van der Waals surface area contributed by atoms with Crippen molar-refractivity contribution in [3.63, 3.8) is 0 Å². The molecule has 8 aliphatic heterocycles. The summed E-state index contributed by atoms with van der Waals surface area (Å²) in [4.78, 5) is 31.9. The molecule has 2 saturated carbocycles. The Balaban J connectivity index is 0.000000166. The number of nitrogens with one attached hydrogen (secondary N) is 5. The highest BCUT2D eigenvalue weighted by molar-refractivity contribution is 9.09. The van der Waals surface area contributed by atoms with E-state index in [1.807, 2.05) is 41.5 Å². The first-order valence-corrected chi connectivity index (χ1v) is 47.9. The van der Waals surface area contributed by atoms with Gasteiger partial charge in [0.15, 0.2) is 0 Å². The standard InChI is InChI=1S/C21H29F3N2O3S.C20H27F3N2OS.C16H21F3N2OS.C12H22N2O3.C7H4ClF3O2S.C4H7Br/c1-19(2,3)29-18(27)26-12-10-20(11-13-26)25-17(14-28-20)30(4,5)16-8-6-15(7-9-16)21(22,23)24;1-27(2,17-7-5-16(6-8-17)20(21,22)23)18-14-26-19(24-18)9-11-25(12-10-19)13-15-3-4-15;1-23(2,13-5-3-12(4-6-13)16(17,18)19)14-11-22-15(21-14)7-9-20-10-8-15;1-11(2,3)17-10(15)14-7-4-12(5-8-14)13-6-9-16-12;8-14(12,13)6-3-1-5(2-4-6)7(9,10)11;5-3-4-1-2-4/h6-9,17,25H,4-5,10-14H2,1-3H3;5-8,15,18,24H,1-4,9-14H2;3-6,14,20-21H,1-2,7-11H2;13H,4-9H2,1-3H3;1-4H;4H,1-3H2. The lowest BCUT2D eigenvalue weighted by atomic mass is 10.0. The van der Waals surface area contributed by atoms with Crippen molar-refractivity contribution in [2.24, 2.45) is 11.8 Å². The first kappa shape index (κ1) is 95.0. The van der Waals surface area contributed by atoms with E-state index < -0.39 is 101 Å². The van der Waals surface area contributed by atoms with E-state index in [0.717, 1.165) is 148 Å². The second-order valence-electron chi connectivity index (χ2n) is 33.0. The van der Waals surface area contributed by atoms with E-state index in [9.17, 15) is 70.7 Å². The number of piperidine rings is 4. The van der Waals surface area contributed by atoms with Gasteiger partial charge in [-0.15, -0.1) is 0 Å². The summed E-state index contributed by atoms with van der Waals surface area (Å²) in [5.41, 5.74) is -5.30. The number of ether oxygens (including phenoxy) is 6. The number of amides is 2. The SMILES string of the molecule is BrCC1CC1.C=S(=C)(c1ccc(C(F)(F)F)cc1)C1COC2(CCN(C(=O)OC(C)(C)C)CC2)N1.C=S(=C)(c1ccc(C(F)(F)F)cc1)C1COC2(CCN(CC3CC3)CC2)N1.C=S(=C)(c1ccc(C(F)(F)F)cc1)C1COC2(CCNCC2)N1.CC(C)(C)OC(=O)N1CCC2(CC1)NCCO2.O=S(=O)(Cl)c1ccc(C(F)(F)F)cc1. The number of likely N-dealkylation sites (tertiary alicyclic amines) is 3. The largest absolute Gasteiger partial charge is 0.444 e. The average molecular weight is 1820 g/mol. The van der Waals surface area contributed by atoms with Gasteiger partial charge < -0.3 is 48.4 Å². The predicted molar refractivity (Wildman–Crippen MR) is 444 cm³/mol. The zero-order valence-electron chi connectivity index (χ0n) is 66.3. The monoisotopic (exact) mass is 1810 g/mol. The molecule has 4 aromatic carbocycles. The van der Waals surface area contributed by atoms with Gasteiger partial charge in [0.25, 0.3) is 9.05 Å².